The van der Waals surface area contributed by atoms with Crippen molar-refractivity contribution < 1.29 is 4.79 Å². The highest BCUT2D eigenvalue weighted by Gasteiger charge is 2.15. The minimum Gasteiger partial charge on any atom is -0.309 e. The predicted molar refractivity (Wildman–Crippen MR) is 56.4 cm³/mol. The molecular formula is C10H15NOS. The van der Waals surface area contributed by atoms with Crippen molar-refractivity contribution in [1.82, 2.24) is 4.90 Å². The molecule has 0 saturated carbocycles. The molecule has 1 atom stereocenters. The molecule has 0 N–H and O–H groups in total. The third-order valence-electron chi connectivity index (χ3n) is 1.89. The van der Waals surface area contributed by atoms with Gasteiger partial charge in [0, 0.05) is 23.4 Å². The van der Waals surface area contributed by atoms with Crippen molar-refractivity contribution >= 4 is 17.1 Å². The van der Waals surface area contributed by atoms with Crippen LogP contribution in [-0.2, 0) is 0 Å². The summed E-state index contributed by atoms with van der Waals surface area (Å²) in [6.45, 7) is 2.79. The highest BCUT2D eigenvalue weighted by atomic mass is 32.1. The monoisotopic (exact) mass is 197 g/mol. The maximum absolute atomic E-state index is 11.7. The maximum Gasteiger partial charge on any atom is 0.167 e. The van der Waals surface area contributed by atoms with Crippen LogP contribution in [-0.4, -0.2) is 31.3 Å². The van der Waals surface area contributed by atoms with Crippen molar-refractivity contribution in [3.05, 3.63) is 22.4 Å². The third-order valence-corrected chi connectivity index (χ3v) is 2.58. The lowest BCUT2D eigenvalue weighted by Gasteiger charge is -2.14. The van der Waals surface area contributed by atoms with Gasteiger partial charge in [0.2, 0.25) is 0 Å². The van der Waals surface area contributed by atoms with Crippen LogP contribution >= 0.6 is 11.3 Å². The number of carbonyl (C=O) groups excluding carboxylic acids is 1. The van der Waals surface area contributed by atoms with Gasteiger partial charge in [-0.2, -0.15) is 11.3 Å². The molecule has 1 aromatic heterocycles. The van der Waals surface area contributed by atoms with Crippen LogP contribution in [0.25, 0.3) is 0 Å². The van der Waals surface area contributed by atoms with E-state index in [9.17, 15) is 4.79 Å². The molecule has 0 aliphatic heterocycles. The van der Waals surface area contributed by atoms with Gasteiger partial charge in [0.1, 0.15) is 0 Å². The Morgan fingerprint density at radius 3 is 2.77 bits per heavy atom. The zero-order valence-corrected chi connectivity index (χ0v) is 9.10. The second-order valence-electron chi connectivity index (χ2n) is 3.54. The number of Topliss-reactive ketones (excluding diaryl/α,β-unsaturated/α-hetero) is 1. The van der Waals surface area contributed by atoms with E-state index in [-0.39, 0.29) is 11.7 Å². The summed E-state index contributed by atoms with van der Waals surface area (Å²) in [6, 6.07) is 1.89. The Kier molecular flexibility index (Phi) is 3.63. The maximum atomic E-state index is 11.7. The fraction of sp³-hybridized carbons (Fsp3) is 0.500. The molecule has 0 aliphatic rings. The lowest BCUT2D eigenvalue weighted by Crippen LogP contribution is -2.25. The van der Waals surface area contributed by atoms with Crippen LogP contribution in [0.1, 0.15) is 17.3 Å². The van der Waals surface area contributed by atoms with E-state index in [1.165, 1.54) is 0 Å². The van der Waals surface area contributed by atoms with Gasteiger partial charge in [-0.3, -0.25) is 4.79 Å². The SMILES string of the molecule is C[C@@H](CN(C)C)C(=O)c1ccsc1. The molecule has 0 spiro atoms. The number of thiophene rings is 1. The normalized spacial score (nSPS) is 13.2. The summed E-state index contributed by atoms with van der Waals surface area (Å²) >= 11 is 1.57. The Morgan fingerprint density at radius 2 is 2.31 bits per heavy atom. The molecule has 1 rings (SSSR count). The summed E-state index contributed by atoms with van der Waals surface area (Å²) in [6.07, 6.45) is 0. The van der Waals surface area contributed by atoms with Crippen molar-refractivity contribution in [3.63, 3.8) is 0 Å². The fourth-order valence-corrected chi connectivity index (χ4v) is 1.96. The molecule has 0 amide bonds. The number of carbonyl (C=O) groups is 1. The summed E-state index contributed by atoms with van der Waals surface area (Å²) in [5.74, 6) is 0.333. The van der Waals surface area contributed by atoms with Crippen LogP contribution in [0, 0.1) is 5.92 Å². The zero-order valence-electron chi connectivity index (χ0n) is 8.28. The smallest absolute Gasteiger partial charge is 0.167 e. The minimum absolute atomic E-state index is 0.0876. The molecule has 0 radical (unpaired) electrons. The quantitative estimate of drug-likeness (QED) is 0.689. The Morgan fingerprint density at radius 1 is 1.62 bits per heavy atom. The average molecular weight is 197 g/mol. The van der Waals surface area contributed by atoms with E-state index in [0.717, 1.165) is 12.1 Å². The minimum atomic E-state index is 0.0876. The highest BCUT2D eigenvalue weighted by molar-refractivity contribution is 7.08. The Balaban J connectivity index is 2.58. The molecule has 72 valence electrons. The van der Waals surface area contributed by atoms with Crippen LogP contribution in [0.15, 0.2) is 16.8 Å². The van der Waals surface area contributed by atoms with Gasteiger partial charge in [0.05, 0.1) is 0 Å². The highest BCUT2D eigenvalue weighted by Crippen LogP contribution is 2.12. The Labute approximate surface area is 83.2 Å². The van der Waals surface area contributed by atoms with Crippen molar-refractivity contribution in [2.45, 2.75) is 6.92 Å². The van der Waals surface area contributed by atoms with Crippen LogP contribution in [0.3, 0.4) is 0 Å². The molecule has 0 aliphatic carbocycles. The van der Waals surface area contributed by atoms with Gasteiger partial charge in [-0.1, -0.05) is 6.92 Å². The number of hydrogen-bond acceptors (Lipinski definition) is 3. The summed E-state index contributed by atoms with van der Waals surface area (Å²) in [7, 11) is 3.97. The van der Waals surface area contributed by atoms with Gasteiger partial charge in [0.25, 0.3) is 0 Å². The summed E-state index contributed by atoms with van der Waals surface area (Å²) < 4.78 is 0. The topological polar surface area (TPSA) is 20.3 Å². The average Bonchev–Trinajstić information content (AvgIpc) is 2.53. The Hall–Kier alpha value is -0.670. The van der Waals surface area contributed by atoms with E-state index >= 15 is 0 Å². The van der Waals surface area contributed by atoms with Crippen molar-refractivity contribution in [3.8, 4) is 0 Å². The van der Waals surface area contributed by atoms with E-state index < -0.39 is 0 Å². The zero-order chi connectivity index (χ0) is 9.84. The molecule has 0 aromatic carbocycles. The molecule has 13 heavy (non-hydrogen) atoms. The van der Waals surface area contributed by atoms with Gasteiger partial charge in [-0.25, -0.2) is 0 Å². The summed E-state index contributed by atoms with van der Waals surface area (Å²) in [5, 5.41) is 3.85. The Bertz CT molecular complexity index is 266. The molecule has 0 unspecified atom stereocenters. The van der Waals surface area contributed by atoms with E-state index in [1.54, 1.807) is 11.3 Å². The number of hydrogen-bond donors (Lipinski definition) is 0. The third kappa shape index (κ3) is 2.94. The lowest BCUT2D eigenvalue weighted by molar-refractivity contribution is 0.0910. The first kappa shape index (κ1) is 10.4. The summed E-state index contributed by atoms with van der Waals surface area (Å²) in [5.41, 5.74) is 0.847. The van der Waals surface area contributed by atoms with E-state index in [4.69, 9.17) is 0 Å². The van der Waals surface area contributed by atoms with Crippen LogP contribution < -0.4 is 0 Å². The molecule has 0 bridgehead atoms. The second-order valence-corrected chi connectivity index (χ2v) is 4.32. The molecule has 1 heterocycles. The molecule has 2 nitrogen and oxygen atoms in total. The molecule has 3 heteroatoms. The van der Waals surface area contributed by atoms with Gasteiger partial charge >= 0.3 is 0 Å². The molecule has 1 aromatic rings. The van der Waals surface area contributed by atoms with Crippen molar-refractivity contribution in [2.75, 3.05) is 20.6 Å². The first-order valence-electron chi connectivity index (χ1n) is 4.32. The van der Waals surface area contributed by atoms with E-state index in [0.29, 0.717) is 0 Å². The molecule has 0 saturated heterocycles. The largest absolute Gasteiger partial charge is 0.309 e. The summed E-state index contributed by atoms with van der Waals surface area (Å²) in [4.78, 5) is 13.8. The number of nitrogens with zero attached hydrogens (tertiary/aromatic N) is 1. The van der Waals surface area contributed by atoms with Crippen molar-refractivity contribution in [2.24, 2.45) is 5.92 Å². The van der Waals surface area contributed by atoms with Gasteiger partial charge in [-0.15, -0.1) is 0 Å². The number of rotatable bonds is 4. The first-order valence-corrected chi connectivity index (χ1v) is 5.26. The first-order chi connectivity index (χ1) is 6.11. The second kappa shape index (κ2) is 4.53. The van der Waals surface area contributed by atoms with Crippen LogP contribution in [0.5, 0.6) is 0 Å². The van der Waals surface area contributed by atoms with Crippen LogP contribution in [0.4, 0.5) is 0 Å². The molecular weight excluding hydrogens is 182 g/mol. The van der Waals surface area contributed by atoms with Gasteiger partial charge in [-0.05, 0) is 25.5 Å². The lowest BCUT2D eigenvalue weighted by atomic mass is 10.0. The predicted octanol–water partition coefficient (Wildman–Crippen LogP) is 2.13. The van der Waals surface area contributed by atoms with Gasteiger partial charge < -0.3 is 4.90 Å². The van der Waals surface area contributed by atoms with Crippen LogP contribution in [0.2, 0.25) is 0 Å². The fourth-order valence-electron chi connectivity index (χ4n) is 1.32. The van der Waals surface area contributed by atoms with E-state index in [1.807, 2.05) is 42.7 Å². The van der Waals surface area contributed by atoms with Gasteiger partial charge in [0.15, 0.2) is 5.78 Å². The standard InChI is InChI=1S/C10H15NOS/c1-8(6-11(2)3)10(12)9-4-5-13-7-9/h4-5,7-8H,6H2,1-3H3/t8-/m0/s1. The van der Waals surface area contributed by atoms with E-state index in [2.05, 4.69) is 0 Å². The molecule has 0 fully saturated rings. The van der Waals surface area contributed by atoms with Crippen molar-refractivity contribution in [1.29, 1.82) is 0 Å². The number of ketones is 1.